The van der Waals surface area contributed by atoms with Gasteiger partial charge in [-0.2, -0.15) is 0 Å². The number of carbonyl (C=O) groups excluding carboxylic acids is 1. The van der Waals surface area contributed by atoms with E-state index >= 15 is 0 Å². The first-order chi connectivity index (χ1) is 6.18. The van der Waals surface area contributed by atoms with E-state index in [9.17, 15) is 4.79 Å². The lowest BCUT2D eigenvalue weighted by Crippen LogP contribution is -2.43. The van der Waals surface area contributed by atoms with Gasteiger partial charge in [0, 0.05) is 5.56 Å². The van der Waals surface area contributed by atoms with E-state index in [4.69, 9.17) is 10.2 Å². The second-order valence-electron chi connectivity index (χ2n) is 3.27. The van der Waals surface area contributed by atoms with Crippen LogP contribution in [0.1, 0.15) is 17.5 Å². The van der Waals surface area contributed by atoms with Gasteiger partial charge in [-0.25, -0.2) is 4.79 Å². The van der Waals surface area contributed by atoms with Gasteiger partial charge >= 0.3 is 5.97 Å². The van der Waals surface area contributed by atoms with Crippen molar-refractivity contribution in [3.63, 3.8) is 0 Å². The van der Waals surface area contributed by atoms with Crippen LogP contribution in [0, 0.1) is 0 Å². The van der Waals surface area contributed by atoms with Gasteiger partial charge in [-0.05, 0) is 18.4 Å². The van der Waals surface area contributed by atoms with Crippen molar-refractivity contribution in [1.29, 1.82) is 0 Å². The molecule has 0 spiro atoms. The van der Waals surface area contributed by atoms with Gasteiger partial charge in [-0.1, -0.05) is 0 Å². The molecule has 2 rings (SSSR count). The molecular weight excluding hydrogens is 170 g/mol. The highest BCUT2D eigenvalue weighted by Gasteiger charge is 2.44. The Kier molecular flexibility index (Phi) is 1.66. The van der Waals surface area contributed by atoms with Crippen molar-refractivity contribution in [1.82, 2.24) is 0 Å². The molecule has 2 N–H and O–H groups in total. The fraction of sp³-hybridized carbons (Fsp3) is 0.444. The molecule has 0 saturated carbocycles. The van der Waals surface area contributed by atoms with E-state index in [2.05, 4.69) is 4.74 Å². The smallest absolute Gasteiger partial charge is 0.330 e. The Morgan fingerprint density at radius 2 is 2.46 bits per heavy atom. The van der Waals surface area contributed by atoms with Crippen molar-refractivity contribution in [3.05, 3.63) is 23.7 Å². The van der Waals surface area contributed by atoms with Crippen LogP contribution in [0.5, 0.6) is 0 Å². The Labute approximate surface area is 75.7 Å². The molecular formula is C9H11NO3. The molecule has 1 atom stereocenters. The van der Waals surface area contributed by atoms with E-state index in [0.717, 1.165) is 17.5 Å². The molecule has 70 valence electrons. The third-order valence-corrected chi connectivity index (χ3v) is 2.56. The third kappa shape index (κ3) is 0.986. The third-order valence-electron chi connectivity index (χ3n) is 2.56. The fourth-order valence-electron chi connectivity index (χ4n) is 1.77. The Balaban J connectivity index is 2.43. The molecule has 0 fully saturated rings. The van der Waals surface area contributed by atoms with Crippen LogP contribution in [-0.4, -0.2) is 13.1 Å². The van der Waals surface area contributed by atoms with Crippen molar-refractivity contribution < 1.29 is 13.9 Å². The highest BCUT2D eigenvalue weighted by atomic mass is 16.5. The lowest BCUT2D eigenvalue weighted by atomic mass is 9.95. The number of aryl methyl sites for hydroxylation is 1. The number of hydrogen-bond acceptors (Lipinski definition) is 4. The van der Waals surface area contributed by atoms with E-state index in [1.807, 2.05) is 0 Å². The predicted molar refractivity (Wildman–Crippen MR) is 44.9 cm³/mol. The molecule has 1 aromatic rings. The second kappa shape index (κ2) is 2.60. The number of rotatable bonds is 1. The number of carbonyl (C=O) groups is 1. The standard InChI is InChI=1S/C9H11NO3/c1-12-8(11)9(10)3-2-6-4-13-5-7(6)9/h4-5H,2-3,10H2,1H3. The Hall–Kier alpha value is -1.29. The number of ether oxygens (including phenoxy) is 1. The normalized spacial score (nSPS) is 25.7. The Bertz CT molecular complexity index is 344. The van der Waals surface area contributed by atoms with Crippen LogP contribution in [0.4, 0.5) is 0 Å². The zero-order valence-corrected chi connectivity index (χ0v) is 7.37. The van der Waals surface area contributed by atoms with E-state index < -0.39 is 11.5 Å². The summed E-state index contributed by atoms with van der Waals surface area (Å²) in [6, 6.07) is 0. The van der Waals surface area contributed by atoms with Gasteiger partial charge in [0.05, 0.1) is 19.6 Å². The largest absolute Gasteiger partial charge is 0.472 e. The van der Waals surface area contributed by atoms with E-state index in [0.29, 0.717) is 6.42 Å². The molecule has 0 aromatic carbocycles. The number of furan rings is 1. The predicted octanol–water partition coefficient (Wildman–Crippen LogP) is 0.553. The summed E-state index contributed by atoms with van der Waals surface area (Å²) in [5, 5.41) is 0. The maximum atomic E-state index is 11.4. The van der Waals surface area contributed by atoms with Crippen molar-refractivity contribution in [3.8, 4) is 0 Å². The lowest BCUT2D eigenvalue weighted by molar-refractivity contribution is -0.147. The molecule has 1 unspecified atom stereocenters. The van der Waals surface area contributed by atoms with Gasteiger partial charge in [-0.3, -0.25) is 0 Å². The quantitative estimate of drug-likeness (QED) is 0.642. The first kappa shape index (κ1) is 8.31. The molecule has 1 heterocycles. The molecule has 1 aliphatic rings. The lowest BCUT2D eigenvalue weighted by Gasteiger charge is -2.19. The Morgan fingerprint density at radius 3 is 3.15 bits per heavy atom. The molecule has 13 heavy (non-hydrogen) atoms. The van der Waals surface area contributed by atoms with Crippen molar-refractivity contribution in [2.75, 3.05) is 7.11 Å². The number of nitrogens with two attached hydrogens (primary N) is 1. The zero-order valence-electron chi connectivity index (χ0n) is 7.37. The van der Waals surface area contributed by atoms with Crippen molar-refractivity contribution >= 4 is 5.97 Å². The molecule has 1 aromatic heterocycles. The van der Waals surface area contributed by atoms with Gasteiger partial charge < -0.3 is 14.9 Å². The minimum Gasteiger partial charge on any atom is -0.472 e. The van der Waals surface area contributed by atoms with Gasteiger partial charge in [-0.15, -0.1) is 0 Å². The van der Waals surface area contributed by atoms with Crippen LogP contribution in [0.3, 0.4) is 0 Å². The molecule has 0 saturated heterocycles. The average Bonchev–Trinajstić information content (AvgIpc) is 2.69. The summed E-state index contributed by atoms with van der Waals surface area (Å²) in [7, 11) is 1.34. The topological polar surface area (TPSA) is 65.5 Å². The van der Waals surface area contributed by atoms with Gasteiger partial charge in [0.25, 0.3) is 0 Å². The molecule has 4 nitrogen and oxygen atoms in total. The minimum absolute atomic E-state index is 0.396. The number of esters is 1. The summed E-state index contributed by atoms with van der Waals surface area (Å²) >= 11 is 0. The van der Waals surface area contributed by atoms with Crippen LogP contribution in [0.2, 0.25) is 0 Å². The Morgan fingerprint density at radius 1 is 1.69 bits per heavy atom. The highest BCUT2D eigenvalue weighted by Crippen LogP contribution is 2.36. The molecule has 0 aliphatic heterocycles. The molecule has 0 amide bonds. The molecule has 0 bridgehead atoms. The number of methoxy groups -OCH3 is 1. The summed E-state index contributed by atoms with van der Waals surface area (Å²) in [5.41, 5.74) is 6.72. The van der Waals surface area contributed by atoms with Crippen molar-refractivity contribution in [2.24, 2.45) is 5.73 Å². The SMILES string of the molecule is COC(=O)C1(N)CCc2cocc21. The monoisotopic (exact) mass is 181 g/mol. The minimum atomic E-state index is -0.989. The highest BCUT2D eigenvalue weighted by molar-refractivity contribution is 5.83. The van der Waals surface area contributed by atoms with E-state index in [1.54, 1.807) is 6.26 Å². The fourth-order valence-corrected chi connectivity index (χ4v) is 1.77. The van der Waals surface area contributed by atoms with Crippen LogP contribution in [0.25, 0.3) is 0 Å². The van der Waals surface area contributed by atoms with Gasteiger partial charge in [0.2, 0.25) is 0 Å². The molecule has 4 heteroatoms. The van der Waals surface area contributed by atoms with Crippen LogP contribution in [0.15, 0.2) is 16.9 Å². The van der Waals surface area contributed by atoms with Gasteiger partial charge in [0.15, 0.2) is 0 Å². The van der Waals surface area contributed by atoms with Crippen LogP contribution in [-0.2, 0) is 21.5 Å². The summed E-state index contributed by atoms with van der Waals surface area (Å²) < 4.78 is 9.65. The first-order valence-corrected chi connectivity index (χ1v) is 4.11. The zero-order chi connectivity index (χ0) is 9.47. The van der Waals surface area contributed by atoms with E-state index in [1.165, 1.54) is 13.4 Å². The second-order valence-corrected chi connectivity index (χ2v) is 3.27. The maximum Gasteiger partial charge on any atom is 0.330 e. The summed E-state index contributed by atoms with van der Waals surface area (Å²) in [5.74, 6) is -0.396. The van der Waals surface area contributed by atoms with Crippen LogP contribution < -0.4 is 5.73 Å². The van der Waals surface area contributed by atoms with Crippen molar-refractivity contribution in [2.45, 2.75) is 18.4 Å². The van der Waals surface area contributed by atoms with Crippen LogP contribution >= 0.6 is 0 Å². The molecule has 0 radical (unpaired) electrons. The molecule has 1 aliphatic carbocycles. The summed E-state index contributed by atoms with van der Waals surface area (Å²) in [6.07, 6.45) is 4.53. The summed E-state index contributed by atoms with van der Waals surface area (Å²) in [4.78, 5) is 11.4. The number of fused-ring (bicyclic) bond motifs is 1. The van der Waals surface area contributed by atoms with Gasteiger partial charge in [0.1, 0.15) is 5.54 Å². The summed E-state index contributed by atoms with van der Waals surface area (Å²) in [6.45, 7) is 0. The maximum absolute atomic E-state index is 11.4. The average molecular weight is 181 g/mol. The van der Waals surface area contributed by atoms with E-state index in [-0.39, 0.29) is 0 Å². The first-order valence-electron chi connectivity index (χ1n) is 4.11. The number of hydrogen-bond donors (Lipinski definition) is 1.